The molecule has 0 aliphatic rings. The largest absolute Gasteiger partial charge is 0.497 e. The van der Waals surface area contributed by atoms with E-state index in [0.717, 1.165) is 18.5 Å². The van der Waals surface area contributed by atoms with Gasteiger partial charge in [0.25, 0.3) is 5.91 Å². The van der Waals surface area contributed by atoms with Crippen molar-refractivity contribution in [2.75, 3.05) is 12.4 Å². The van der Waals surface area contributed by atoms with Crippen molar-refractivity contribution in [1.82, 2.24) is 20.2 Å². The van der Waals surface area contributed by atoms with Crippen LogP contribution in [0.3, 0.4) is 0 Å². The van der Waals surface area contributed by atoms with Crippen LogP contribution in [-0.4, -0.2) is 33.2 Å². The van der Waals surface area contributed by atoms with Crippen molar-refractivity contribution in [2.24, 2.45) is 0 Å². The lowest BCUT2D eigenvalue weighted by atomic mass is 10.1. The van der Waals surface area contributed by atoms with Gasteiger partial charge in [-0.1, -0.05) is 43.7 Å². The smallest absolute Gasteiger partial charge is 0.255 e. The molecular formula is C24H23N5O2. The molecule has 0 aliphatic heterocycles. The predicted molar refractivity (Wildman–Crippen MR) is 120 cm³/mol. The number of nitrogens with zero attached hydrogens (tertiary/aromatic N) is 4. The molecule has 7 nitrogen and oxygen atoms in total. The van der Waals surface area contributed by atoms with Crippen LogP contribution in [0.25, 0.3) is 17.1 Å². The quantitative estimate of drug-likeness (QED) is 0.481. The molecule has 0 radical (unpaired) electrons. The number of tetrazole rings is 1. The van der Waals surface area contributed by atoms with Gasteiger partial charge in [-0.15, -0.1) is 15.0 Å². The molecule has 4 rings (SSSR count). The first kappa shape index (κ1) is 20.3. The van der Waals surface area contributed by atoms with Crippen molar-refractivity contribution in [3.8, 4) is 22.8 Å². The number of aromatic nitrogens is 4. The van der Waals surface area contributed by atoms with Crippen molar-refractivity contribution in [2.45, 2.75) is 19.8 Å². The summed E-state index contributed by atoms with van der Waals surface area (Å²) in [6, 6.07) is 22.5. The van der Waals surface area contributed by atoms with Crippen LogP contribution in [0, 0.1) is 0 Å². The van der Waals surface area contributed by atoms with E-state index in [2.05, 4.69) is 27.7 Å². The van der Waals surface area contributed by atoms with Gasteiger partial charge in [-0.25, -0.2) is 0 Å². The molecule has 0 fully saturated rings. The van der Waals surface area contributed by atoms with Gasteiger partial charge in [-0.2, -0.15) is 0 Å². The number of methoxy groups -OCH3 is 1. The second kappa shape index (κ2) is 9.21. The molecule has 1 amide bonds. The lowest BCUT2D eigenvalue weighted by molar-refractivity contribution is 0.102. The molecule has 3 aromatic carbocycles. The number of carbonyl (C=O) groups excluding carboxylic acids is 1. The van der Waals surface area contributed by atoms with Crippen LogP contribution in [0.4, 0.5) is 5.69 Å². The second-order valence-corrected chi connectivity index (χ2v) is 7.05. The molecule has 0 unspecified atom stereocenters. The summed E-state index contributed by atoms with van der Waals surface area (Å²) in [5, 5.41) is 15.8. The summed E-state index contributed by atoms with van der Waals surface area (Å²) in [5.41, 5.74) is 3.86. The van der Waals surface area contributed by atoms with Gasteiger partial charge in [-0.3, -0.25) is 4.79 Å². The van der Waals surface area contributed by atoms with Crippen molar-refractivity contribution in [3.63, 3.8) is 0 Å². The number of para-hydroxylation sites is 1. The fraction of sp³-hybridized carbons (Fsp3) is 0.167. The topological polar surface area (TPSA) is 81.9 Å². The zero-order valence-electron chi connectivity index (χ0n) is 17.4. The van der Waals surface area contributed by atoms with Crippen LogP contribution in [0.1, 0.15) is 29.3 Å². The molecule has 0 saturated heterocycles. The number of rotatable bonds is 7. The summed E-state index contributed by atoms with van der Waals surface area (Å²) in [4.78, 5) is 14.2. The number of hydrogen-bond acceptors (Lipinski definition) is 5. The molecule has 0 spiro atoms. The molecular weight excluding hydrogens is 390 g/mol. The van der Waals surface area contributed by atoms with Gasteiger partial charge in [0.05, 0.1) is 18.5 Å². The molecule has 4 aromatic rings. The summed E-state index contributed by atoms with van der Waals surface area (Å²) in [6.07, 6.45) is 2.07. The molecule has 0 atom stereocenters. The third kappa shape index (κ3) is 4.61. The third-order valence-electron chi connectivity index (χ3n) is 4.87. The molecule has 0 aliphatic carbocycles. The number of amides is 1. The van der Waals surface area contributed by atoms with E-state index in [4.69, 9.17) is 4.74 Å². The average molecular weight is 413 g/mol. The molecule has 7 heteroatoms. The highest BCUT2D eigenvalue weighted by Gasteiger charge is 2.14. The first-order valence-electron chi connectivity index (χ1n) is 10.1. The lowest BCUT2D eigenvalue weighted by Gasteiger charge is -2.09. The second-order valence-electron chi connectivity index (χ2n) is 7.05. The molecule has 1 heterocycles. The van der Waals surface area contributed by atoms with Gasteiger partial charge in [0.15, 0.2) is 0 Å². The summed E-state index contributed by atoms with van der Waals surface area (Å²) in [7, 11) is 1.61. The third-order valence-corrected chi connectivity index (χ3v) is 4.87. The van der Waals surface area contributed by atoms with Crippen molar-refractivity contribution in [1.29, 1.82) is 0 Å². The minimum atomic E-state index is -0.185. The van der Waals surface area contributed by atoms with Crippen LogP contribution in [0.5, 0.6) is 5.75 Å². The number of aryl methyl sites for hydroxylation is 1. The van der Waals surface area contributed by atoms with Crippen molar-refractivity contribution in [3.05, 3.63) is 83.9 Å². The summed E-state index contributed by atoms with van der Waals surface area (Å²) in [5.74, 6) is 0.932. The summed E-state index contributed by atoms with van der Waals surface area (Å²) >= 11 is 0. The zero-order valence-corrected chi connectivity index (χ0v) is 17.4. The van der Waals surface area contributed by atoms with Gasteiger partial charge in [0, 0.05) is 17.2 Å². The Balaban J connectivity index is 1.57. The predicted octanol–water partition coefficient (Wildman–Crippen LogP) is 4.54. The Kier molecular flexibility index (Phi) is 6.03. The zero-order chi connectivity index (χ0) is 21.6. The minimum Gasteiger partial charge on any atom is -0.497 e. The highest BCUT2D eigenvalue weighted by atomic mass is 16.5. The van der Waals surface area contributed by atoms with E-state index in [1.54, 1.807) is 7.11 Å². The normalized spacial score (nSPS) is 10.6. The van der Waals surface area contributed by atoms with E-state index in [1.165, 1.54) is 10.4 Å². The van der Waals surface area contributed by atoms with Crippen LogP contribution in [0.15, 0.2) is 72.8 Å². The number of nitrogens with one attached hydrogen (secondary N) is 1. The SMILES string of the molecule is CCCc1ccc(C(=O)Nc2ccccc2-c2nnn(-c3cccc(OC)c3)n2)cc1. The van der Waals surface area contributed by atoms with Crippen LogP contribution < -0.4 is 10.1 Å². The van der Waals surface area contributed by atoms with Crippen LogP contribution >= 0.6 is 0 Å². The van der Waals surface area contributed by atoms with Gasteiger partial charge < -0.3 is 10.1 Å². The molecule has 0 bridgehead atoms. The number of anilines is 1. The lowest BCUT2D eigenvalue weighted by Crippen LogP contribution is -2.12. The molecule has 1 N–H and O–H groups in total. The fourth-order valence-electron chi connectivity index (χ4n) is 3.26. The van der Waals surface area contributed by atoms with Gasteiger partial charge in [0.1, 0.15) is 5.75 Å². The molecule has 0 saturated carbocycles. The Morgan fingerprint density at radius 1 is 1.03 bits per heavy atom. The summed E-state index contributed by atoms with van der Waals surface area (Å²) < 4.78 is 5.26. The van der Waals surface area contributed by atoms with Crippen molar-refractivity contribution < 1.29 is 9.53 Å². The highest BCUT2D eigenvalue weighted by Crippen LogP contribution is 2.25. The Hall–Kier alpha value is -4.00. The molecule has 31 heavy (non-hydrogen) atoms. The van der Waals surface area contributed by atoms with Crippen molar-refractivity contribution >= 4 is 11.6 Å². The first-order valence-corrected chi connectivity index (χ1v) is 10.1. The number of benzene rings is 3. The maximum atomic E-state index is 12.8. The standard InChI is InChI=1S/C24H23N5O2/c1-3-7-17-12-14-18(15-13-17)24(30)25-22-11-5-4-10-21(22)23-26-28-29(27-23)19-8-6-9-20(16-19)31-2/h4-6,8-16H,3,7H2,1-2H3,(H,25,30). The monoisotopic (exact) mass is 413 g/mol. The number of hydrogen-bond donors (Lipinski definition) is 1. The Morgan fingerprint density at radius 2 is 1.84 bits per heavy atom. The Morgan fingerprint density at radius 3 is 2.61 bits per heavy atom. The van der Waals surface area contributed by atoms with E-state index >= 15 is 0 Å². The van der Waals surface area contributed by atoms with Crippen LogP contribution in [-0.2, 0) is 6.42 Å². The van der Waals surface area contributed by atoms with Gasteiger partial charge in [-0.05, 0) is 53.6 Å². The minimum absolute atomic E-state index is 0.185. The number of ether oxygens (including phenoxy) is 1. The van der Waals surface area contributed by atoms with E-state index < -0.39 is 0 Å². The first-order chi connectivity index (χ1) is 15.2. The maximum Gasteiger partial charge on any atom is 0.255 e. The maximum absolute atomic E-state index is 12.8. The highest BCUT2D eigenvalue weighted by molar-refractivity contribution is 6.06. The Labute approximate surface area is 180 Å². The average Bonchev–Trinajstić information content (AvgIpc) is 3.30. The number of carbonyl (C=O) groups is 1. The van der Waals surface area contributed by atoms with E-state index in [-0.39, 0.29) is 5.91 Å². The van der Waals surface area contributed by atoms with E-state index in [0.29, 0.717) is 28.4 Å². The molecule has 1 aromatic heterocycles. The Bertz CT molecular complexity index is 1180. The van der Waals surface area contributed by atoms with Gasteiger partial charge in [0.2, 0.25) is 5.82 Å². The molecule has 156 valence electrons. The van der Waals surface area contributed by atoms with Crippen LogP contribution in [0.2, 0.25) is 0 Å². The van der Waals surface area contributed by atoms with Gasteiger partial charge >= 0.3 is 0 Å². The fourth-order valence-corrected chi connectivity index (χ4v) is 3.26. The summed E-state index contributed by atoms with van der Waals surface area (Å²) in [6.45, 7) is 2.13. The van der Waals surface area contributed by atoms with E-state index in [9.17, 15) is 4.79 Å². The van der Waals surface area contributed by atoms with E-state index in [1.807, 2.05) is 72.8 Å².